The van der Waals surface area contributed by atoms with E-state index < -0.39 is 5.56 Å². The highest BCUT2D eigenvalue weighted by Crippen LogP contribution is 2.14. The molecule has 2 aromatic carbocycles. The van der Waals surface area contributed by atoms with Crippen molar-refractivity contribution in [3.63, 3.8) is 0 Å². The molecule has 0 aliphatic rings. The first-order chi connectivity index (χ1) is 13.6. The third kappa shape index (κ3) is 3.84. The van der Waals surface area contributed by atoms with Crippen LogP contribution in [0.1, 0.15) is 5.56 Å². The molecule has 1 amide bonds. The Morgan fingerprint density at radius 3 is 2.57 bits per heavy atom. The van der Waals surface area contributed by atoms with Gasteiger partial charge in [0.2, 0.25) is 5.91 Å². The molecule has 1 N–H and O–H groups in total. The number of aromatic nitrogens is 5. The smallest absolute Gasteiger partial charge is 0.283 e. The molecule has 0 spiro atoms. The number of rotatable bonds is 5. The van der Waals surface area contributed by atoms with Crippen LogP contribution in [0.25, 0.3) is 11.2 Å². The lowest BCUT2D eigenvalue weighted by Crippen LogP contribution is -2.28. The SMILES string of the molecule is O=C(Cn1cnc2c(nnn2Cc2ccccc2)c1=O)Nc1ccc(Br)cc1. The maximum Gasteiger partial charge on any atom is 0.283 e. The number of amides is 1. The summed E-state index contributed by atoms with van der Waals surface area (Å²) in [6.45, 7) is 0.293. The normalized spacial score (nSPS) is 10.9. The van der Waals surface area contributed by atoms with E-state index in [4.69, 9.17) is 0 Å². The highest BCUT2D eigenvalue weighted by molar-refractivity contribution is 9.10. The Balaban J connectivity index is 1.54. The number of halogens is 1. The Morgan fingerprint density at radius 1 is 1.07 bits per heavy atom. The Bertz CT molecular complexity index is 1180. The molecular weight excluding hydrogens is 424 g/mol. The predicted molar refractivity (Wildman–Crippen MR) is 108 cm³/mol. The zero-order chi connectivity index (χ0) is 19.5. The number of nitrogens with one attached hydrogen (secondary N) is 1. The van der Waals surface area contributed by atoms with Gasteiger partial charge in [-0.3, -0.25) is 14.2 Å². The van der Waals surface area contributed by atoms with Crippen LogP contribution < -0.4 is 10.9 Å². The van der Waals surface area contributed by atoms with Crippen LogP contribution >= 0.6 is 15.9 Å². The minimum Gasteiger partial charge on any atom is -0.325 e. The molecule has 4 aromatic rings. The van der Waals surface area contributed by atoms with E-state index in [-0.39, 0.29) is 18.0 Å². The molecule has 140 valence electrons. The summed E-state index contributed by atoms with van der Waals surface area (Å²) in [5.74, 6) is -0.331. The monoisotopic (exact) mass is 438 g/mol. The molecule has 8 nitrogen and oxygen atoms in total. The van der Waals surface area contributed by atoms with Gasteiger partial charge in [0.25, 0.3) is 5.56 Å². The summed E-state index contributed by atoms with van der Waals surface area (Å²) in [4.78, 5) is 29.2. The first kappa shape index (κ1) is 18.1. The van der Waals surface area contributed by atoms with Gasteiger partial charge < -0.3 is 5.32 Å². The van der Waals surface area contributed by atoms with Crippen LogP contribution in [0.15, 0.2) is 70.2 Å². The second kappa shape index (κ2) is 7.73. The maximum absolute atomic E-state index is 12.6. The standard InChI is InChI=1S/C19H15BrN6O2/c20-14-6-8-15(9-7-14)22-16(27)11-25-12-21-18-17(19(25)28)23-24-26(18)10-13-4-2-1-3-5-13/h1-9,12H,10-11H2,(H,22,27). The number of anilines is 1. The Kier molecular flexibility index (Phi) is 4.98. The molecule has 4 rings (SSSR count). The quantitative estimate of drug-likeness (QED) is 0.516. The number of nitrogens with zero attached hydrogens (tertiary/aromatic N) is 5. The lowest BCUT2D eigenvalue weighted by molar-refractivity contribution is -0.116. The van der Waals surface area contributed by atoms with Crippen molar-refractivity contribution in [3.05, 3.63) is 81.3 Å². The molecule has 0 aliphatic heterocycles. The highest BCUT2D eigenvalue weighted by Gasteiger charge is 2.14. The van der Waals surface area contributed by atoms with Crippen LogP contribution in [0, 0.1) is 0 Å². The van der Waals surface area contributed by atoms with E-state index in [0.29, 0.717) is 17.9 Å². The number of hydrogen-bond acceptors (Lipinski definition) is 5. The number of benzene rings is 2. The average molecular weight is 439 g/mol. The van der Waals surface area contributed by atoms with Crippen LogP contribution in [0.3, 0.4) is 0 Å². The lowest BCUT2D eigenvalue weighted by Gasteiger charge is -2.07. The van der Waals surface area contributed by atoms with E-state index >= 15 is 0 Å². The van der Waals surface area contributed by atoms with Crippen LogP contribution in [0.2, 0.25) is 0 Å². The summed E-state index contributed by atoms with van der Waals surface area (Å²) in [5, 5.41) is 10.7. The summed E-state index contributed by atoms with van der Waals surface area (Å²) in [7, 11) is 0. The largest absolute Gasteiger partial charge is 0.325 e. The molecule has 0 radical (unpaired) electrons. The van der Waals surface area contributed by atoms with Crippen molar-refractivity contribution in [2.75, 3.05) is 5.32 Å². The van der Waals surface area contributed by atoms with E-state index in [1.807, 2.05) is 42.5 Å². The minimum atomic E-state index is -0.407. The third-order valence-electron chi connectivity index (χ3n) is 4.11. The maximum atomic E-state index is 12.6. The average Bonchev–Trinajstić information content (AvgIpc) is 3.10. The molecule has 0 aliphatic carbocycles. The molecule has 2 aromatic heterocycles. The zero-order valence-electron chi connectivity index (χ0n) is 14.6. The molecule has 0 fully saturated rings. The van der Waals surface area contributed by atoms with Gasteiger partial charge >= 0.3 is 0 Å². The van der Waals surface area contributed by atoms with Crippen LogP contribution in [-0.4, -0.2) is 30.5 Å². The number of hydrogen-bond donors (Lipinski definition) is 1. The number of carbonyl (C=O) groups is 1. The van der Waals surface area contributed by atoms with E-state index in [1.165, 1.54) is 10.9 Å². The molecule has 9 heteroatoms. The molecule has 0 saturated heterocycles. The van der Waals surface area contributed by atoms with Crippen LogP contribution in [0.5, 0.6) is 0 Å². The third-order valence-corrected chi connectivity index (χ3v) is 4.64. The second-order valence-electron chi connectivity index (χ2n) is 6.14. The molecule has 28 heavy (non-hydrogen) atoms. The topological polar surface area (TPSA) is 94.7 Å². The Labute approximate surface area is 168 Å². The van der Waals surface area contributed by atoms with Gasteiger partial charge in [0, 0.05) is 10.2 Å². The highest BCUT2D eigenvalue weighted by atomic mass is 79.9. The van der Waals surface area contributed by atoms with Gasteiger partial charge in [0.15, 0.2) is 11.2 Å². The predicted octanol–water partition coefficient (Wildman–Crippen LogP) is 2.44. The molecule has 2 heterocycles. The molecule has 0 atom stereocenters. The zero-order valence-corrected chi connectivity index (χ0v) is 16.2. The van der Waals surface area contributed by atoms with Crippen molar-refractivity contribution >= 4 is 38.7 Å². The number of carbonyl (C=O) groups excluding carboxylic acids is 1. The summed E-state index contributed by atoms with van der Waals surface area (Å²) < 4.78 is 3.70. The fourth-order valence-corrected chi connectivity index (χ4v) is 3.02. The van der Waals surface area contributed by atoms with Crippen molar-refractivity contribution < 1.29 is 4.79 Å². The molecular formula is C19H15BrN6O2. The van der Waals surface area contributed by atoms with Crippen LogP contribution in [-0.2, 0) is 17.9 Å². The van der Waals surface area contributed by atoms with Gasteiger partial charge in [-0.25, -0.2) is 9.67 Å². The van der Waals surface area contributed by atoms with E-state index in [9.17, 15) is 9.59 Å². The second-order valence-corrected chi connectivity index (χ2v) is 7.05. The van der Waals surface area contributed by atoms with Gasteiger partial charge in [-0.2, -0.15) is 0 Å². The Morgan fingerprint density at radius 2 is 1.82 bits per heavy atom. The van der Waals surface area contributed by atoms with Crippen molar-refractivity contribution in [1.29, 1.82) is 0 Å². The summed E-state index contributed by atoms with van der Waals surface area (Å²) in [5.41, 5.74) is 1.78. The van der Waals surface area contributed by atoms with Gasteiger partial charge in [-0.05, 0) is 29.8 Å². The van der Waals surface area contributed by atoms with E-state index in [1.54, 1.807) is 16.8 Å². The van der Waals surface area contributed by atoms with Gasteiger partial charge in [0.05, 0.1) is 6.54 Å². The van der Waals surface area contributed by atoms with Crippen LogP contribution in [0.4, 0.5) is 5.69 Å². The Hall–Kier alpha value is -3.33. The van der Waals surface area contributed by atoms with Crippen molar-refractivity contribution in [2.24, 2.45) is 0 Å². The lowest BCUT2D eigenvalue weighted by atomic mass is 10.2. The van der Waals surface area contributed by atoms with Crippen molar-refractivity contribution in [3.8, 4) is 0 Å². The van der Waals surface area contributed by atoms with Crippen molar-refractivity contribution in [1.82, 2.24) is 24.5 Å². The fourth-order valence-electron chi connectivity index (χ4n) is 2.75. The number of fused-ring (bicyclic) bond motifs is 1. The fraction of sp³-hybridized carbons (Fsp3) is 0.105. The molecule has 0 saturated carbocycles. The summed E-state index contributed by atoms with van der Waals surface area (Å²) >= 11 is 3.34. The van der Waals surface area contributed by atoms with Gasteiger partial charge in [-0.15, -0.1) is 5.10 Å². The first-order valence-corrected chi connectivity index (χ1v) is 9.27. The summed E-state index contributed by atoms with van der Waals surface area (Å²) in [6, 6.07) is 16.9. The molecule has 0 unspecified atom stereocenters. The van der Waals surface area contributed by atoms with E-state index in [0.717, 1.165) is 10.0 Å². The van der Waals surface area contributed by atoms with Gasteiger partial charge in [-0.1, -0.05) is 51.5 Å². The molecule has 0 bridgehead atoms. The first-order valence-electron chi connectivity index (χ1n) is 8.48. The summed E-state index contributed by atoms with van der Waals surface area (Å²) in [6.07, 6.45) is 1.34. The van der Waals surface area contributed by atoms with Gasteiger partial charge in [0.1, 0.15) is 12.9 Å². The van der Waals surface area contributed by atoms with Crippen molar-refractivity contribution in [2.45, 2.75) is 13.1 Å². The van der Waals surface area contributed by atoms with E-state index in [2.05, 4.69) is 36.5 Å². The minimum absolute atomic E-state index is 0.134.